The summed E-state index contributed by atoms with van der Waals surface area (Å²) < 4.78 is 0. The van der Waals surface area contributed by atoms with Gasteiger partial charge in [-0.25, -0.2) is 6.42 Å². The van der Waals surface area contributed by atoms with Crippen molar-refractivity contribution in [2.24, 2.45) is 23.7 Å². The average molecular weight is 196 g/mol. The fraction of sp³-hybridized carbons (Fsp3) is 0.857. The van der Waals surface area contributed by atoms with Crippen molar-refractivity contribution in [2.75, 3.05) is 0 Å². The molecule has 0 aliphatic carbocycles. The van der Waals surface area contributed by atoms with Crippen LogP contribution < -0.4 is 0 Å². The first kappa shape index (κ1) is 14.0. The Labute approximate surface area is 91.5 Å². The van der Waals surface area contributed by atoms with E-state index in [1.54, 1.807) is 0 Å². The standard InChI is InChI=1S/C14H28/c1-7-12(5)9-10-14(8-2)13(6)11(3)4/h10-14H,5,7-9H2,1-4,6H3/q-2. The Morgan fingerprint density at radius 2 is 1.64 bits per heavy atom. The highest BCUT2D eigenvalue weighted by Crippen LogP contribution is 2.28. The van der Waals surface area contributed by atoms with E-state index in [4.69, 9.17) is 0 Å². The molecular weight excluding hydrogens is 168 g/mol. The molecule has 3 unspecified atom stereocenters. The van der Waals surface area contributed by atoms with Crippen LogP contribution in [0, 0.1) is 37.0 Å². The van der Waals surface area contributed by atoms with Gasteiger partial charge in [-0.2, -0.15) is 11.8 Å². The van der Waals surface area contributed by atoms with E-state index in [-0.39, 0.29) is 0 Å². The second kappa shape index (κ2) is 7.31. The van der Waals surface area contributed by atoms with Gasteiger partial charge < -0.3 is 13.3 Å². The summed E-state index contributed by atoms with van der Waals surface area (Å²) in [5.74, 6) is 3.00. The number of rotatable bonds is 7. The quantitative estimate of drug-likeness (QED) is 0.515. The zero-order valence-electron chi connectivity index (χ0n) is 10.7. The lowest BCUT2D eigenvalue weighted by Gasteiger charge is -2.36. The molecule has 0 bridgehead atoms. The summed E-state index contributed by atoms with van der Waals surface area (Å²) in [6, 6.07) is 0. The summed E-state index contributed by atoms with van der Waals surface area (Å²) in [7, 11) is 0. The molecule has 0 heterocycles. The zero-order valence-corrected chi connectivity index (χ0v) is 10.7. The zero-order chi connectivity index (χ0) is 11.1. The van der Waals surface area contributed by atoms with E-state index in [9.17, 15) is 0 Å². The van der Waals surface area contributed by atoms with E-state index in [2.05, 4.69) is 48.0 Å². The molecule has 0 spiro atoms. The van der Waals surface area contributed by atoms with E-state index in [1.807, 2.05) is 0 Å². The third-order valence-electron chi connectivity index (χ3n) is 3.55. The van der Waals surface area contributed by atoms with Crippen molar-refractivity contribution in [3.05, 3.63) is 13.3 Å². The van der Waals surface area contributed by atoms with Crippen molar-refractivity contribution >= 4 is 0 Å². The molecule has 0 amide bonds. The molecule has 0 heteroatoms. The van der Waals surface area contributed by atoms with Crippen LogP contribution in [0.4, 0.5) is 0 Å². The molecule has 86 valence electrons. The molecule has 14 heavy (non-hydrogen) atoms. The van der Waals surface area contributed by atoms with Crippen LogP contribution in [-0.2, 0) is 0 Å². The minimum absolute atomic E-state index is 0.614. The second-order valence-electron chi connectivity index (χ2n) is 4.92. The van der Waals surface area contributed by atoms with Gasteiger partial charge in [0.25, 0.3) is 0 Å². The predicted octanol–water partition coefficient (Wildman–Crippen LogP) is 4.76. The Morgan fingerprint density at radius 1 is 1.07 bits per heavy atom. The largest absolute Gasteiger partial charge is 0.343 e. The maximum atomic E-state index is 4.14. The Balaban J connectivity index is 3.90. The summed E-state index contributed by atoms with van der Waals surface area (Å²) in [5, 5.41) is 0. The van der Waals surface area contributed by atoms with Gasteiger partial charge in [0.1, 0.15) is 0 Å². The molecule has 0 aliphatic rings. The number of hydrogen-bond donors (Lipinski definition) is 0. The van der Waals surface area contributed by atoms with E-state index < -0.39 is 0 Å². The molecule has 0 fully saturated rings. The Hall–Kier alpha value is 0. The van der Waals surface area contributed by atoms with E-state index in [0.717, 1.165) is 17.8 Å². The first-order valence-electron chi connectivity index (χ1n) is 6.19. The Kier molecular flexibility index (Phi) is 7.31. The minimum atomic E-state index is 0.614. The molecule has 3 atom stereocenters. The van der Waals surface area contributed by atoms with Crippen molar-refractivity contribution in [2.45, 2.75) is 53.9 Å². The van der Waals surface area contributed by atoms with Gasteiger partial charge in [0, 0.05) is 0 Å². The van der Waals surface area contributed by atoms with Crippen LogP contribution in [-0.4, -0.2) is 0 Å². The third kappa shape index (κ3) is 5.02. The van der Waals surface area contributed by atoms with Gasteiger partial charge >= 0.3 is 0 Å². The van der Waals surface area contributed by atoms with Crippen molar-refractivity contribution in [3.63, 3.8) is 0 Å². The third-order valence-corrected chi connectivity index (χ3v) is 3.55. The van der Waals surface area contributed by atoms with E-state index in [1.165, 1.54) is 19.3 Å². The minimum Gasteiger partial charge on any atom is -0.343 e. The van der Waals surface area contributed by atoms with Gasteiger partial charge in [-0.3, -0.25) is 0 Å². The molecule has 0 N–H and O–H groups in total. The molecule has 0 rings (SSSR count). The lowest BCUT2D eigenvalue weighted by molar-refractivity contribution is 0.291. The van der Waals surface area contributed by atoms with E-state index in [0.29, 0.717) is 5.92 Å². The maximum Gasteiger partial charge on any atom is -0.0467 e. The Bertz CT molecular complexity index is 126. The molecular formula is C14H28-2. The molecule has 0 aromatic rings. The molecule has 0 nitrogen and oxygen atoms in total. The lowest BCUT2D eigenvalue weighted by Crippen LogP contribution is -2.17. The van der Waals surface area contributed by atoms with Gasteiger partial charge in [0.05, 0.1) is 0 Å². The van der Waals surface area contributed by atoms with Gasteiger partial charge in [0.15, 0.2) is 0 Å². The number of hydrogen-bond acceptors (Lipinski definition) is 0. The fourth-order valence-corrected chi connectivity index (χ4v) is 1.78. The maximum absolute atomic E-state index is 4.14. The lowest BCUT2D eigenvalue weighted by atomic mass is 9.79. The molecule has 0 aliphatic heterocycles. The Morgan fingerprint density at radius 3 is 2.00 bits per heavy atom. The van der Waals surface area contributed by atoms with Gasteiger partial charge in [-0.05, 0) is 5.92 Å². The van der Waals surface area contributed by atoms with Gasteiger partial charge in [-0.1, -0.05) is 53.4 Å². The van der Waals surface area contributed by atoms with Crippen molar-refractivity contribution < 1.29 is 0 Å². The monoisotopic (exact) mass is 196 g/mol. The van der Waals surface area contributed by atoms with Crippen LogP contribution in [0.25, 0.3) is 0 Å². The molecule has 0 aromatic heterocycles. The summed E-state index contributed by atoms with van der Waals surface area (Å²) in [6.07, 6.45) is 6.16. The first-order valence-corrected chi connectivity index (χ1v) is 6.19. The van der Waals surface area contributed by atoms with Crippen LogP contribution in [0.2, 0.25) is 0 Å². The second-order valence-corrected chi connectivity index (χ2v) is 4.92. The van der Waals surface area contributed by atoms with Crippen LogP contribution in [0.3, 0.4) is 0 Å². The van der Waals surface area contributed by atoms with Crippen molar-refractivity contribution in [1.29, 1.82) is 0 Å². The predicted molar refractivity (Wildman–Crippen MR) is 65.8 cm³/mol. The molecule has 0 aromatic carbocycles. The molecule has 0 radical (unpaired) electrons. The van der Waals surface area contributed by atoms with Crippen molar-refractivity contribution in [3.8, 4) is 0 Å². The van der Waals surface area contributed by atoms with Gasteiger partial charge in [0.2, 0.25) is 0 Å². The SMILES string of the molecule is [CH2-]C(CC)C[CH-]C(CC)C(C)C(C)C. The molecule has 0 saturated heterocycles. The summed E-state index contributed by atoms with van der Waals surface area (Å²) in [4.78, 5) is 0. The summed E-state index contributed by atoms with van der Waals surface area (Å²) in [6.45, 7) is 15.7. The summed E-state index contributed by atoms with van der Waals surface area (Å²) >= 11 is 0. The highest BCUT2D eigenvalue weighted by atomic mass is 14.2. The molecule has 0 saturated carbocycles. The van der Waals surface area contributed by atoms with Gasteiger partial charge in [-0.15, -0.1) is 0 Å². The van der Waals surface area contributed by atoms with Crippen molar-refractivity contribution in [1.82, 2.24) is 0 Å². The topological polar surface area (TPSA) is 0 Å². The first-order chi connectivity index (χ1) is 6.52. The normalized spacial score (nSPS) is 18.2. The van der Waals surface area contributed by atoms with Crippen LogP contribution in [0.5, 0.6) is 0 Å². The highest BCUT2D eigenvalue weighted by molar-refractivity contribution is 4.83. The highest BCUT2D eigenvalue weighted by Gasteiger charge is 2.11. The van der Waals surface area contributed by atoms with Crippen LogP contribution in [0.15, 0.2) is 0 Å². The average Bonchev–Trinajstić information content (AvgIpc) is 2.17. The van der Waals surface area contributed by atoms with E-state index >= 15 is 0 Å². The van der Waals surface area contributed by atoms with Crippen LogP contribution in [0.1, 0.15) is 53.9 Å². The smallest absolute Gasteiger partial charge is 0.0467 e. The van der Waals surface area contributed by atoms with Crippen LogP contribution >= 0.6 is 0 Å². The summed E-state index contributed by atoms with van der Waals surface area (Å²) in [5.41, 5.74) is 0. The fourth-order valence-electron chi connectivity index (χ4n) is 1.78.